The first-order valence-corrected chi connectivity index (χ1v) is 9.43. The van der Waals surface area contributed by atoms with Crippen molar-refractivity contribution in [3.8, 4) is 0 Å². The Kier molecular flexibility index (Phi) is 15.3. The van der Waals surface area contributed by atoms with Gasteiger partial charge in [0.1, 0.15) is 6.29 Å². The number of aldehydes is 1. The van der Waals surface area contributed by atoms with E-state index in [9.17, 15) is 25.0 Å². The Hall–Kier alpha value is -2.57. The van der Waals surface area contributed by atoms with Gasteiger partial charge in [-0.15, -0.1) is 0 Å². The van der Waals surface area contributed by atoms with E-state index < -0.39 is 0 Å². The fourth-order valence-corrected chi connectivity index (χ4v) is 2.36. The lowest BCUT2D eigenvalue weighted by Crippen LogP contribution is -1.98. The number of rotatable bonds is 16. The maximum atomic E-state index is 11.1. The van der Waals surface area contributed by atoms with Crippen LogP contribution in [0.1, 0.15) is 71.1 Å². The molecule has 0 heterocycles. The van der Waals surface area contributed by atoms with Gasteiger partial charge in [-0.2, -0.15) is 0 Å². The maximum Gasteiger partial charge on any atom is 0.246 e. The predicted molar refractivity (Wildman–Crippen MR) is 106 cm³/mol. The van der Waals surface area contributed by atoms with Crippen LogP contribution in [0, 0.1) is 20.2 Å². The van der Waals surface area contributed by atoms with Crippen LogP contribution in [-0.2, 0) is 4.79 Å². The van der Waals surface area contributed by atoms with E-state index in [0.717, 1.165) is 38.4 Å². The van der Waals surface area contributed by atoms with Crippen molar-refractivity contribution < 1.29 is 14.6 Å². The van der Waals surface area contributed by atoms with Crippen LogP contribution in [0.5, 0.6) is 0 Å². The second-order valence-electron chi connectivity index (χ2n) is 6.05. The Morgan fingerprint density at radius 1 is 0.815 bits per heavy atom. The standard InChI is InChI=1S/C20H30N2O5/c1-2-3-9-14-19(21(24)25)16-11-6-7-12-17-20(22(26)27)15-10-5-4-8-13-18-23/h3,6-7,9,16-18H,2,4-5,8,10-15H2,1H3/b7-6-,9-3-,19-16+,20-17+. The molecule has 0 rings (SSSR count). The molecular weight excluding hydrogens is 348 g/mol. The number of nitro groups is 2. The number of carbonyl (C=O) groups is 1. The largest absolute Gasteiger partial charge is 0.303 e. The van der Waals surface area contributed by atoms with E-state index in [-0.39, 0.29) is 21.2 Å². The minimum atomic E-state index is -0.381. The number of nitrogens with zero attached hydrogens (tertiary/aromatic N) is 2. The molecule has 7 heteroatoms. The Morgan fingerprint density at radius 3 is 1.96 bits per heavy atom. The fourth-order valence-electron chi connectivity index (χ4n) is 2.36. The molecule has 0 aliphatic carbocycles. The van der Waals surface area contributed by atoms with Gasteiger partial charge in [-0.3, -0.25) is 20.2 Å². The molecule has 0 radical (unpaired) electrons. The van der Waals surface area contributed by atoms with Crippen molar-refractivity contribution in [2.45, 2.75) is 71.1 Å². The van der Waals surface area contributed by atoms with Crippen LogP contribution < -0.4 is 0 Å². The van der Waals surface area contributed by atoms with Gasteiger partial charge in [0.2, 0.25) is 11.4 Å². The molecule has 27 heavy (non-hydrogen) atoms. The van der Waals surface area contributed by atoms with Crippen LogP contribution >= 0.6 is 0 Å². The molecule has 0 aromatic heterocycles. The summed E-state index contributed by atoms with van der Waals surface area (Å²) >= 11 is 0. The number of allylic oxidation sites excluding steroid dienone is 7. The maximum absolute atomic E-state index is 11.1. The van der Waals surface area contributed by atoms with E-state index in [1.807, 2.05) is 13.0 Å². The van der Waals surface area contributed by atoms with Gasteiger partial charge < -0.3 is 4.79 Å². The lowest BCUT2D eigenvalue weighted by atomic mass is 10.1. The highest BCUT2D eigenvalue weighted by Crippen LogP contribution is 2.12. The van der Waals surface area contributed by atoms with Crippen LogP contribution in [0.15, 0.2) is 47.9 Å². The molecule has 0 aliphatic heterocycles. The van der Waals surface area contributed by atoms with Gasteiger partial charge in [-0.05, 0) is 44.3 Å². The lowest BCUT2D eigenvalue weighted by molar-refractivity contribution is -0.428. The van der Waals surface area contributed by atoms with Gasteiger partial charge in [0, 0.05) is 12.8 Å². The Bertz CT molecular complexity index is 577. The van der Waals surface area contributed by atoms with Crippen molar-refractivity contribution in [1.29, 1.82) is 0 Å². The SMILES string of the molecule is CC/C=C\C/C(=C\C/C=C\C/C=C(\CCCCCCC=O)[N+](=O)[O-])[N+](=O)[O-]. The minimum Gasteiger partial charge on any atom is -0.303 e. The molecule has 0 bridgehead atoms. The van der Waals surface area contributed by atoms with Crippen molar-refractivity contribution >= 4 is 6.29 Å². The average Bonchev–Trinajstić information content (AvgIpc) is 2.63. The molecule has 0 aliphatic rings. The van der Waals surface area contributed by atoms with Gasteiger partial charge >= 0.3 is 0 Å². The van der Waals surface area contributed by atoms with E-state index in [4.69, 9.17) is 0 Å². The molecule has 7 nitrogen and oxygen atoms in total. The molecule has 0 amide bonds. The van der Waals surface area contributed by atoms with Gasteiger partial charge in [0.25, 0.3) is 0 Å². The van der Waals surface area contributed by atoms with Crippen molar-refractivity contribution in [2.24, 2.45) is 0 Å². The van der Waals surface area contributed by atoms with Crippen LogP contribution in [0.4, 0.5) is 0 Å². The Labute approximate surface area is 160 Å². The molecule has 0 saturated heterocycles. The summed E-state index contributed by atoms with van der Waals surface area (Å²) in [5, 5.41) is 22.0. The van der Waals surface area contributed by atoms with Gasteiger partial charge in [0.05, 0.1) is 16.3 Å². The number of hydrogen-bond donors (Lipinski definition) is 0. The average molecular weight is 378 g/mol. The Balaban J connectivity index is 4.35. The predicted octanol–water partition coefficient (Wildman–Crippen LogP) is 5.54. The molecule has 0 atom stereocenters. The van der Waals surface area contributed by atoms with Gasteiger partial charge in [-0.1, -0.05) is 44.1 Å². The first-order chi connectivity index (χ1) is 13.0. The summed E-state index contributed by atoms with van der Waals surface area (Å²) in [6.45, 7) is 1.97. The molecule has 150 valence electrons. The summed E-state index contributed by atoms with van der Waals surface area (Å²) in [6.07, 6.45) is 17.6. The third-order valence-electron chi connectivity index (χ3n) is 3.85. The molecule has 0 aromatic rings. The second kappa shape index (κ2) is 16.9. The molecule has 0 unspecified atom stereocenters. The normalized spacial score (nSPS) is 12.8. The quantitative estimate of drug-likeness (QED) is 0.115. The highest BCUT2D eigenvalue weighted by Gasteiger charge is 2.09. The van der Waals surface area contributed by atoms with E-state index in [1.54, 1.807) is 30.4 Å². The third-order valence-corrected chi connectivity index (χ3v) is 3.85. The lowest BCUT2D eigenvalue weighted by Gasteiger charge is -1.99. The van der Waals surface area contributed by atoms with Crippen molar-refractivity contribution in [2.75, 3.05) is 0 Å². The first-order valence-electron chi connectivity index (χ1n) is 9.43. The summed E-state index contributed by atoms with van der Waals surface area (Å²) in [6, 6.07) is 0. The van der Waals surface area contributed by atoms with Crippen molar-refractivity contribution in [3.63, 3.8) is 0 Å². The second-order valence-corrected chi connectivity index (χ2v) is 6.05. The van der Waals surface area contributed by atoms with E-state index in [0.29, 0.717) is 32.1 Å². The van der Waals surface area contributed by atoms with Gasteiger partial charge in [-0.25, -0.2) is 0 Å². The van der Waals surface area contributed by atoms with E-state index in [1.165, 1.54) is 0 Å². The Morgan fingerprint density at radius 2 is 1.41 bits per heavy atom. The monoisotopic (exact) mass is 378 g/mol. The third kappa shape index (κ3) is 14.3. The highest BCUT2D eigenvalue weighted by atomic mass is 16.6. The van der Waals surface area contributed by atoms with Gasteiger partial charge in [0.15, 0.2) is 0 Å². The molecular formula is C20H30N2O5. The van der Waals surface area contributed by atoms with E-state index >= 15 is 0 Å². The summed E-state index contributed by atoms with van der Waals surface area (Å²) in [5.41, 5.74) is 0.349. The summed E-state index contributed by atoms with van der Waals surface area (Å²) < 4.78 is 0. The zero-order chi connectivity index (χ0) is 20.3. The topological polar surface area (TPSA) is 103 Å². The number of unbranched alkanes of at least 4 members (excludes halogenated alkanes) is 4. The summed E-state index contributed by atoms with van der Waals surface area (Å²) in [4.78, 5) is 31.5. The summed E-state index contributed by atoms with van der Waals surface area (Å²) in [5.74, 6) is 0. The van der Waals surface area contributed by atoms with Crippen LogP contribution in [-0.4, -0.2) is 16.1 Å². The minimum absolute atomic E-state index is 0.153. The number of hydrogen-bond acceptors (Lipinski definition) is 5. The highest BCUT2D eigenvalue weighted by molar-refractivity contribution is 5.48. The smallest absolute Gasteiger partial charge is 0.246 e. The number of carbonyl (C=O) groups excluding carboxylic acids is 1. The first kappa shape index (κ1) is 24.4. The van der Waals surface area contributed by atoms with Crippen molar-refractivity contribution in [3.05, 3.63) is 68.1 Å². The molecule has 0 fully saturated rings. The zero-order valence-corrected chi connectivity index (χ0v) is 16.0. The summed E-state index contributed by atoms with van der Waals surface area (Å²) in [7, 11) is 0. The fraction of sp³-hybridized carbons (Fsp3) is 0.550. The molecule has 0 saturated carbocycles. The molecule has 0 aromatic carbocycles. The molecule has 0 N–H and O–H groups in total. The van der Waals surface area contributed by atoms with Crippen molar-refractivity contribution in [1.82, 2.24) is 0 Å². The van der Waals surface area contributed by atoms with Crippen LogP contribution in [0.2, 0.25) is 0 Å². The van der Waals surface area contributed by atoms with E-state index in [2.05, 4.69) is 0 Å². The zero-order valence-electron chi connectivity index (χ0n) is 16.0. The van der Waals surface area contributed by atoms with Crippen LogP contribution in [0.25, 0.3) is 0 Å². The molecule has 0 spiro atoms. The van der Waals surface area contributed by atoms with Crippen LogP contribution in [0.3, 0.4) is 0 Å².